The maximum absolute atomic E-state index is 12.4. The van der Waals surface area contributed by atoms with E-state index in [0.717, 1.165) is 24.2 Å². The fourth-order valence-corrected chi connectivity index (χ4v) is 3.11. The van der Waals surface area contributed by atoms with Crippen molar-refractivity contribution in [3.05, 3.63) is 35.4 Å². The molecule has 2 heterocycles. The molecule has 2 aliphatic heterocycles. The van der Waals surface area contributed by atoms with Crippen molar-refractivity contribution in [3.63, 3.8) is 0 Å². The summed E-state index contributed by atoms with van der Waals surface area (Å²) in [6.07, 6.45) is 3.08. The van der Waals surface area contributed by atoms with Crippen molar-refractivity contribution in [2.24, 2.45) is 0 Å². The highest BCUT2D eigenvalue weighted by atomic mass is 16.5. The van der Waals surface area contributed by atoms with Crippen LogP contribution in [-0.2, 0) is 25.5 Å². The first kappa shape index (κ1) is 17.1. The van der Waals surface area contributed by atoms with Crippen molar-refractivity contribution in [1.82, 2.24) is 9.80 Å². The highest BCUT2D eigenvalue weighted by Gasteiger charge is 2.32. The number of hydrogen-bond donors (Lipinski definition) is 0. The number of imide groups is 1. The lowest BCUT2D eigenvalue weighted by atomic mass is 9.98. The number of carbonyl (C=O) groups is 4. The molecule has 1 saturated heterocycles. The molecule has 0 bridgehead atoms. The molecule has 3 amide bonds. The lowest BCUT2D eigenvalue weighted by Crippen LogP contribution is -2.46. The number of hydrogen-bond acceptors (Lipinski definition) is 5. The first-order valence-corrected chi connectivity index (χ1v) is 8.42. The van der Waals surface area contributed by atoms with E-state index in [-0.39, 0.29) is 18.9 Å². The number of rotatable bonds is 4. The highest BCUT2D eigenvalue weighted by molar-refractivity contribution is 6.11. The number of likely N-dealkylation sites (tertiary alicyclic amines) is 1. The number of carbonyl (C=O) groups excluding carboxylic acids is 4. The largest absolute Gasteiger partial charge is 0.454 e. The van der Waals surface area contributed by atoms with E-state index < -0.39 is 24.3 Å². The summed E-state index contributed by atoms with van der Waals surface area (Å²) >= 11 is 0. The first-order valence-electron chi connectivity index (χ1n) is 8.42. The molecule has 2 aliphatic rings. The summed E-state index contributed by atoms with van der Waals surface area (Å²) in [7, 11) is 0. The van der Waals surface area contributed by atoms with Crippen molar-refractivity contribution in [3.8, 4) is 0 Å². The van der Waals surface area contributed by atoms with Crippen molar-refractivity contribution in [2.75, 3.05) is 26.2 Å². The van der Waals surface area contributed by atoms with Gasteiger partial charge in [-0.3, -0.25) is 24.1 Å². The minimum atomic E-state index is -0.758. The zero-order valence-electron chi connectivity index (χ0n) is 13.9. The Morgan fingerprint density at radius 1 is 1.04 bits per heavy atom. The molecule has 0 unspecified atom stereocenters. The fraction of sp³-hybridized carbons (Fsp3) is 0.444. The zero-order chi connectivity index (χ0) is 17.8. The molecule has 0 saturated carbocycles. The quantitative estimate of drug-likeness (QED) is 0.595. The second-order valence-corrected chi connectivity index (χ2v) is 6.22. The third-order valence-electron chi connectivity index (χ3n) is 4.49. The number of ether oxygens (including phenoxy) is 1. The van der Waals surface area contributed by atoms with Gasteiger partial charge in [0.15, 0.2) is 6.61 Å². The molecule has 0 aromatic heterocycles. The lowest BCUT2D eigenvalue weighted by molar-refractivity contribution is -0.154. The van der Waals surface area contributed by atoms with Crippen LogP contribution in [0.1, 0.15) is 35.2 Å². The van der Waals surface area contributed by atoms with Crippen molar-refractivity contribution in [1.29, 1.82) is 0 Å². The Bertz CT molecular complexity index is 709. The van der Waals surface area contributed by atoms with E-state index in [4.69, 9.17) is 4.74 Å². The third-order valence-corrected chi connectivity index (χ3v) is 4.49. The lowest BCUT2D eigenvalue weighted by Gasteiger charge is -2.27. The van der Waals surface area contributed by atoms with Crippen LogP contribution < -0.4 is 0 Å². The number of piperidine rings is 1. The van der Waals surface area contributed by atoms with E-state index >= 15 is 0 Å². The first-order chi connectivity index (χ1) is 12.1. The van der Waals surface area contributed by atoms with E-state index in [9.17, 15) is 19.2 Å². The van der Waals surface area contributed by atoms with Crippen LogP contribution in [0.25, 0.3) is 0 Å². The maximum atomic E-state index is 12.4. The van der Waals surface area contributed by atoms with Crippen LogP contribution in [0.3, 0.4) is 0 Å². The molecule has 132 valence electrons. The van der Waals surface area contributed by atoms with Gasteiger partial charge in [-0.25, -0.2) is 0 Å². The molecule has 1 fully saturated rings. The smallest absolute Gasteiger partial charge is 0.326 e. The van der Waals surface area contributed by atoms with E-state index in [0.29, 0.717) is 24.2 Å². The van der Waals surface area contributed by atoms with Crippen molar-refractivity contribution >= 4 is 23.7 Å². The SMILES string of the molecule is O=C(CN1C(=O)Cc2ccccc2C1=O)OCC(=O)N1CCCCC1. The summed E-state index contributed by atoms with van der Waals surface area (Å²) in [4.78, 5) is 51.0. The Hall–Kier alpha value is -2.70. The van der Waals surface area contributed by atoms with Gasteiger partial charge in [-0.15, -0.1) is 0 Å². The Balaban J connectivity index is 1.55. The molecular weight excluding hydrogens is 324 g/mol. The second kappa shape index (κ2) is 7.46. The van der Waals surface area contributed by atoms with Crippen LogP contribution in [0.2, 0.25) is 0 Å². The highest BCUT2D eigenvalue weighted by Crippen LogP contribution is 2.19. The van der Waals surface area contributed by atoms with Gasteiger partial charge in [0, 0.05) is 18.7 Å². The van der Waals surface area contributed by atoms with Crippen LogP contribution in [-0.4, -0.2) is 59.7 Å². The number of benzene rings is 1. The summed E-state index contributed by atoms with van der Waals surface area (Å²) in [6.45, 7) is 0.525. The minimum absolute atomic E-state index is 0.0713. The standard InChI is InChI=1S/C18H20N2O5/c21-15-10-13-6-2-3-7-14(13)18(24)20(15)11-17(23)25-12-16(22)19-8-4-1-5-9-19/h2-3,6-7H,1,4-5,8-12H2. The van der Waals surface area contributed by atoms with Crippen molar-refractivity contribution < 1.29 is 23.9 Å². The molecule has 3 rings (SSSR count). The molecule has 7 heteroatoms. The van der Waals surface area contributed by atoms with Gasteiger partial charge in [-0.1, -0.05) is 18.2 Å². The number of amides is 3. The minimum Gasteiger partial charge on any atom is -0.454 e. The number of nitrogens with zero attached hydrogens (tertiary/aromatic N) is 2. The van der Waals surface area contributed by atoms with E-state index in [1.165, 1.54) is 0 Å². The Labute approximate surface area is 145 Å². The molecule has 0 aliphatic carbocycles. The molecule has 0 radical (unpaired) electrons. The van der Waals surface area contributed by atoms with Gasteiger partial charge in [-0.05, 0) is 30.9 Å². The van der Waals surface area contributed by atoms with Gasteiger partial charge in [-0.2, -0.15) is 0 Å². The Kier molecular flexibility index (Phi) is 5.11. The number of esters is 1. The summed E-state index contributed by atoms with van der Waals surface area (Å²) in [5, 5.41) is 0. The predicted octanol–water partition coefficient (Wildman–Crippen LogP) is 0.767. The molecular formula is C18H20N2O5. The van der Waals surface area contributed by atoms with Gasteiger partial charge in [0.1, 0.15) is 6.54 Å². The van der Waals surface area contributed by atoms with E-state index in [1.807, 2.05) is 0 Å². The summed E-state index contributed by atoms with van der Waals surface area (Å²) in [5.41, 5.74) is 1.07. The topological polar surface area (TPSA) is 84.0 Å². The van der Waals surface area contributed by atoms with Crippen LogP contribution in [0.5, 0.6) is 0 Å². The van der Waals surface area contributed by atoms with E-state index in [2.05, 4.69) is 0 Å². The third kappa shape index (κ3) is 3.87. The second-order valence-electron chi connectivity index (χ2n) is 6.22. The van der Waals surface area contributed by atoms with Gasteiger partial charge >= 0.3 is 5.97 Å². The maximum Gasteiger partial charge on any atom is 0.326 e. The van der Waals surface area contributed by atoms with Gasteiger partial charge in [0.05, 0.1) is 6.42 Å². The molecule has 1 aromatic carbocycles. The van der Waals surface area contributed by atoms with Crippen LogP contribution in [0, 0.1) is 0 Å². The predicted molar refractivity (Wildman–Crippen MR) is 87.6 cm³/mol. The summed E-state index contributed by atoms with van der Waals surface area (Å²) < 4.78 is 4.97. The summed E-state index contributed by atoms with van der Waals surface area (Å²) in [5.74, 6) is -1.95. The number of fused-ring (bicyclic) bond motifs is 1. The monoisotopic (exact) mass is 344 g/mol. The van der Waals surface area contributed by atoms with Crippen LogP contribution >= 0.6 is 0 Å². The fourth-order valence-electron chi connectivity index (χ4n) is 3.11. The molecule has 0 spiro atoms. The van der Waals surface area contributed by atoms with Crippen LogP contribution in [0.4, 0.5) is 0 Å². The van der Waals surface area contributed by atoms with E-state index in [1.54, 1.807) is 29.2 Å². The Morgan fingerprint density at radius 2 is 1.76 bits per heavy atom. The average molecular weight is 344 g/mol. The van der Waals surface area contributed by atoms with Crippen LogP contribution in [0.15, 0.2) is 24.3 Å². The molecule has 0 N–H and O–H groups in total. The van der Waals surface area contributed by atoms with Gasteiger partial charge < -0.3 is 9.64 Å². The summed E-state index contributed by atoms with van der Waals surface area (Å²) in [6, 6.07) is 6.82. The normalized spacial score (nSPS) is 17.3. The van der Waals surface area contributed by atoms with Crippen molar-refractivity contribution in [2.45, 2.75) is 25.7 Å². The zero-order valence-corrected chi connectivity index (χ0v) is 13.9. The van der Waals surface area contributed by atoms with Gasteiger partial charge in [0.2, 0.25) is 5.91 Å². The Morgan fingerprint density at radius 3 is 2.52 bits per heavy atom. The molecule has 0 atom stereocenters. The molecule has 25 heavy (non-hydrogen) atoms. The van der Waals surface area contributed by atoms with Gasteiger partial charge in [0.25, 0.3) is 11.8 Å². The average Bonchev–Trinajstić information content (AvgIpc) is 2.64. The molecule has 1 aromatic rings. The molecule has 7 nitrogen and oxygen atoms in total.